The maximum absolute atomic E-state index is 12.5. The Morgan fingerprint density at radius 1 is 1.38 bits per heavy atom. The first kappa shape index (κ1) is 18.6. The summed E-state index contributed by atoms with van der Waals surface area (Å²) in [6.07, 6.45) is 3.55. The van der Waals surface area contributed by atoms with Gasteiger partial charge in [-0.15, -0.1) is 12.4 Å². The number of carbonyl (C=O) groups is 1. The number of halogens is 3. The number of nitrogens with two attached hydrogens (primary N) is 1. The van der Waals surface area contributed by atoms with Crippen molar-refractivity contribution >= 4 is 41.5 Å². The third-order valence-electron chi connectivity index (χ3n) is 4.00. The van der Waals surface area contributed by atoms with Gasteiger partial charge < -0.3 is 11.1 Å². The fourth-order valence-corrected chi connectivity index (χ4v) is 2.85. The first-order valence-electron chi connectivity index (χ1n) is 6.95. The van der Waals surface area contributed by atoms with E-state index in [2.05, 4.69) is 5.32 Å². The molecule has 0 aliphatic heterocycles. The Kier molecular flexibility index (Phi) is 6.79. The van der Waals surface area contributed by atoms with Gasteiger partial charge in [-0.3, -0.25) is 4.79 Å². The quantitative estimate of drug-likeness (QED) is 0.850. The third-order valence-corrected chi connectivity index (χ3v) is 4.74. The smallest absolute Gasteiger partial charge is 0.230 e. The minimum Gasteiger partial charge on any atom is -0.355 e. The molecule has 0 spiro atoms. The van der Waals surface area contributed by atoms with Crippen LogP contribution in [0.25, 0.3) is 0 Å². The monoisotopic (exact) mass is 350 g/mol. The van der Waals surface area contributed by atoms with Crippen molar-refractivity contribution in [2.75, 3.05) is 6.54 Å². The summed E-state index contributed by atoms with van der Waals surface area (Å²) in [7, 11) is 0. The van der Waals surface area contributed by atoms with Crippen LogP contribution in [0.4, 0.5) is 0 Å². The van der Waals surface area contributed by atoms with Gasteiger partial charge in [0.25, 0.3) is 0 Å². The van der Waals surface area contributed by atoms with Gasteiger partial charge in [0.15, 0.2) is 0 Å². The zero-order valence-corrected chi connectivity index (χ0v) is 14.3. The van der Waals surface area contributed by atoms with Crippen LogP contribution in [0.2, 0.25) is 10.0 Å². The summed E-state index contributed by atoms with van der Waals surface area (Å²) in [4.78, 5) is 12.5. The first-order valence-corrected chi connectivity index (χ1v) is 7.71. The zero-order valence-electron chi connectivity index (χ0n) is 12.0. The molecule has 1 atom stereocenters. The fraction of sp³-hybridized carbons (Fsp3) is 0.533. The lowest BCUT2D eigenvalue weighted by Gasteiger charge is -2.41. The van der Waals surface area contributed by atoms with Gasteiger partial charge in [0.1, 0.15) is 0 Å². The minimum atomic E-state index is -0.438. The largest absolute Gasteiger partial charge is 0.355 e. The number of carbonyl (C=O) groups excluding carboxylic acids is 1. The van der Waals surface area contributed by atoms with Gasteiger partial charge in [0, 0.05) is 12.6 Å². The van der Waals surface area contributed by atoms with E-state index in [-0.39, 0.29) is 24.4 Å². The molecule has 0 bridgehead atoms. The lowest BCUT2D eigenvalue weighted by atomic mass is 9.64. The highest BCUT2D eigenvalue weighted by Gasteiger charge is 2.45. The molecule has 3 nitrogen and oxygen atoms in total. The summed E-state index contributed by atoms with van der Waals surface area (Å²) in [5.74, 6) is 0.0720. The molecule has 1 saturated carbocycles. The lowest BCUT2D eigenvalue weighted by molar-refractivity contribution is -0.129. The molecule has 1 aliphatic rings. The summed E-state index contributed by atoms with van der Waals surface area (Å²) >= 11 is 12.0. The maximum Gasteiger partial charge on any atom is 0.230 e. The van der Waals surface area contributed by atoms with Crippen molar-refractivity contribution in [1.82, 2.24) is 5.32 Å². The van der Waals surface area contributed by atoms with Gasteiger partial charge in [0.05, 0.1) is 15.5 Å². The Morgan fingerprint density at radius 3 is 2.52 bits per heavy atom. The molecule has 1 amide bonds. The maximum atomic E-state index is 12.5. The van der Waals surface area contributed by atoms with Crippen LogP contribution in [-0.4, -0.2) is 18.5 Å². The number of nitrogens with one attached hydrogen (secondary N) is 1. The summed E-state index contributed by atoms with van der Waals surface area (Å²) in [6, 6.07) is 5.57. The number of rotatable bonds is 5. The second-order valence-corrected chi connectivity index (χ2v) is 6.40. The molecular weight excluding hydrogens is 331 g/mol. The van der Waals surface area contributed by atoms with E-state index in [0.717, 1.165) is 31.2 Å². The Morgan fingerprint density at radius 2 is 2.05 bits per heavy atom. The molecule has 0 radical (unpaired) electrons. The van der Waals surface area contributed by atoms with Gasteiger partial charge in [-0.2, -0.15) is 0 Å². The SMILES string of the molecule is CC(N)CCNC(=O)C1(c2ccc(Cl)c(Cl)c2)CCC1.Cl. The Labute approximate surface area is 142 Å². The molecule has 1 aromatic rings. The lowest BCUT2D eigenvalue weighted by Crippen LogP contribution is -2.49. The van der Waals surface area contributed by atoms with Crippen molar-refractivity contribution in [3.05, 3.63) is 33.8 Å². The van der Waals surface area contributed by atoms with Crippen LogP contribution < -0.4 is 11.1 Å². The summed E-state index contributed by atoms with van der Waals surface area (Å²) in [6.45, 7) is 2.55. The van der Waals surface area contributed by atoms with E-state index in [4.69, 9.17) is 28.9 Å². The molecule has 0 saturated heterocycles. The van der Waals surface area contributed by atoms with E-state index in [0.29, 0.717) is 16.6 Å². The van der Waals surface area contributed by atoms with Gasteiger partial charge in [-0.25, -0.2) is 0 Å². The van der Waals surface area contributed by atoms with E-state index in [1.165, 1.54) is 0 Å². The Bertz CT molecular complexity index is 502. The number of hydrogen-bond acceptors (Lipinski definition) is 2. The predicted molar refractivity (Wildman–Crippen MR) is 90.5 cm³/mol. The van der Waals surface area contributed by atoms with Crippen molar-refractivity contribution in [1.29, 1.82) is 0 Å². The molecule has 21 heavy (non-hydrogen) atoms. The van der Waals surface area contributed by atoms with Crippen LogP contribution in [0.5, 0.6) is 0 Å². The van der Waals surface area contributed by atoms with Crippen molar-refractivity contribution in [3.8, 4) is 0 Å². The molecule has 118 valence electrons. The molecule has 1 fully saturated rings. The first-order chi connectivity index (χ1) is 9.45. The molecule has 3 N–H and O–H groups in total. The normalized spacial score (nSPS) is 17.3. The van der Waals surface area contributed by atoms with Crippen LogP contribution in [0, 0.1) is 0 Å². The standard InChI is InChI=1S/C15H20Cl2N2O.ClH/c1-10(18)5-8-19-14(20)15(6-2-7-15)11-3-4-12(16)13(17)9-11;/h3-4,9-10H,2,5-8,18H2,1H3,(H,19,20);1H. The fourth-order valence-electron chi connectivity index (χ4n) is 2.55. The molecule has 6 heteroatoms. The van der Waals surface area contributed by atoms with E-state index in [1.54, 1.807) is 6.07 Å². The zero-order chi connectivity index (χ0) is 14.8. The van der Waals surface area contributed by atoms with Gasteiger partial charge in [0.2, 0.25) is 5.91 Å². The van der Waals surface area contributed by atoms with Crippen molar-refractivity contribution < 1.29 is 4.79 Å². The average molecular weight is 352 g/mol. The molecule has 2 rings (SSSR count). The van der Waals surface area contributed by atoms with Crippen LogP contribution in [0.3, 0.4) is 0 Å². The van der Waals surface area contributed by atoms with Gasteiger partial charge in [-0.05, 0) is 43.9 Å². The predicted octanol–water partition coefficient (Wildman–Crippen LogP) is 3.69. The highest BCUT2D eigenvalue weighted by Crippen LogP contribution is 2.45. The number of amides is 1. The Hall–Kier alpha value is -0.480. The van der Waals surface area contributed by atoms with Crippen molar-refractivity contribution in [2.45, 2.75) is 44.1 Å². The summed E-state index contributed by atoms with van der Waals surface area (Å²) < 4.78 is 0. The van der Waals surface area contributed by atoms with Crippen molar-refractivity contribution in [3.63, 3.8) is 0 Å². The summed E-state index contributed by atoms with van der Waals surface area (Å²) in [5.41, 5.74) is 6.22. The van der Waals surface area contributed by atoms with E-state index in [1.807, 2.05) is 19.1 Å². The summed E-state index contributed by atoms with van der Waals surface area (Å²) in [5, 5.41) is 4.01. The average Bonchev–Trinajstić information content (AvgIpc) is 2.32. The van der Waals surface area contributed by atoms with Gasteiger partial charge >= 0.3 is 0 Å². The highest BCUT2D eigenvalue weighted by molar-refractivity contribution is 6.42. The second kappa shape index (κ2) is 7.68. The topological polar surface area (TPSA) is 55.1 Å². The van der Waals surface area contributed by atoms with E-state index >= 15 is 0 Å². The van der Waals surface area contributed by atoms with Crippen LogP contribution in [0.1, 0.15) is 38.2 Å². The van der Waals surface area contributed by atoms with E-state index < -0.39 is 5.41 Å². The van der Waals surface area contributed by atoms with Gasteiger partial charge in [-0.1, -0.05) is 35.7 Å². The molecule has 0 heterocycles. The molecule has 1 aromatic carbocycles. The highest BCUT2D eigenvalue weighted by atomic mass is 35.5. The molecule has 0 aromatic heterocycles. The molecule has 1 aliphatic carbocycles. The molecule has 1 unspecified atom stereocenters. The van der Waals surface area contributed by atoms with Crippen molar-refractivity contribution in [2.24, 2.45) is 5.73 Å². The molecular formula is C15H21Cl3N2O. The number of hydrogen-bond donors (Lipinski definition) is 2. The minimum absolute atomic E-state index is 0. The van der Waals surface area contributed by atoms with E-state index in [9.17, 15) is 4.79 Å². The third kappa shape index (κ3) is 4.04. The Balaban J connectivity index is 0.00000220. The van der Waals surface area contributed by atoms with Crippen LogP contribution in [0.15, 0.2) is 18.2 Å². The van der Waals surface area contributed by atoms with Crippen LogP contribution in [-0.2, 0) is 10.2 Å². The van der Waals surface area contributed by atoms with Crippen LogP contribution >= 0.6 is 35.6 Å². The number of benzene rings is 1. The second-order valence-electron chi connectivity index (χ2n) is 5.59.